The van der Waals surface area contributed by atoms with E-state index in [1.54, 1.807) is 12.1 Å². The van der Waals surface area contributed by atoms with Gasteiger partial charge in [-0.1, -0.05) is 19.5 Å². The molecular formula is C11H19NOY-2. The normalized spacial score (nSPS) is 6.93. The zero-order chi connectivity index (χ0) is 10.7. The molecule has 3 heteroatoms. The van der Waals surface area contributed by atoms with Crippen molar-refractivity contribution in [1.29, 1.82) is 0 Å². The van der Waals surface area contributed by atoms with Crippen molar-refractivity contribution in [1.82, 2.24) is 4.98 Å². The molecule has 14 heavy (non-hydrogen) atoms. The summed E-state index contributed by atoms with van der Waals surface area (Å²) in [6.45, 7) is 9.83. The smallest absolute Gasteiger partial charge is 0.155 e. The van der Waals surface area contributed by atoms with E-state index in [-0.39, 0.29) is 38.3 Å². The molecule has 1 N–H and O–H groups in total. The maximum Gasteiger partial charge on any atom is 0.155 e. The first-order valence-corrected chi connectivity index (χ1v) is 4.52. The first-order valence-electron chi connectivity index (χ1n) is 4.52. The van der Waals surface area contributed by atoms with Gasteiger partial charge in [-0.15, -0.1) is 0 Å². The van der Waals surface area contributed by atoms with Crippen LogP contribution >= 0.6 is 0 Å². The van der Waals surface area contributed by atoms with Gasteiger partial charge in [-0.25, -0.2) is 6.07 Å². The average molecular weight is 270 g/mol. The number of H-pyrrole nitrogens is 1. The summed E-state index contributed by atoms with van der Waals surface area (Å²) in [5, 5.41) is 0. The van der Waals surface area contributed by atoms with Crippen molar-refractivity contribution < 1.29 is 32.7 Å². The number of rotatable bonds is 0. The molecular weight excluding hydrogens is 251 g/mol. The summed E-state index contributed by atoms with van der Waals surface area (Å²) in [7, 11) is 0. The zero-order valence-electron chi connectivity index (χ0n) is 9.72. The molecule has 0 aliphatic carbocycles. The second-order valence-electron chi connectivity index (χ2n) is 2.19. The van der Waals surface area contributed by atoms with Crippen molar-refractivity contribution in [2.24, 2.45) is 0 Å². The van der Waals surface area contributed by atoms with Gasteiger partial charge in [0, 0.05) is 32.7 Å². The number of nitrogens with one attached hydrogen (secondary N) is 1. The van der Waals surface area contributed by atoms with Crippen LogP contribution in [0.3, 0.4) is 0 Å². The van der Waals surface area contributed by atoms with Crippen molar-refractivity contribution in [2.75, 3.05) is 0 Å². The van der Waals surface area contributed by atoms with E-state index in [2.05, 4.69) is 11.1 Å². The van der Waals surface area contributed by atoms with Gasteiger partial charge in [0.25, 0.3) is 0 Å². The Labute approximate surface area is 112 Å². The quantitative estimate of drug-likeness (QED) is 0.722. The van der Waals surface area contributed by atoms with Crippen molar-refractivity contribution >= 4 is 0 Å². The van der Waals surface area contributed by atoms with E-state index >= 15 is 0 Å². The van der Waals surface area contributed by atoms with Crippen molar-refractivity contribution in [2.45, 2.75) is 34.6 Å². The standard InChI is InChI=1S/C6H6NO.C3H7.C2H6.Y/c1-5-3-2-4-6(8)7-5;1-3-2;1-2;/h2-3H,1H3,(H,7,8);3H,1-2H3;1-2H3;/q2*-1;;. The molecule has 79 valence electrons. The number of aryl methyl sites for hydroxylation is 1. The van der Waals surface area contributed by atoms with Crippen LogP contribution in [0.2, 0.25) is 0 Å². The molecule has 0 atom stereocenters. The molecule has 1 heterocycles. The molecule has 1 aromatic rings. The molecule has 0 unspecified atom stereocenters. The van der Waals surface area contributed by atoms with E-state index in [0.29, 0.717) is 0 Å². The summed E-state index contributed by atoms with van der Waals surface area (Å²) < 4.78 is 0. The van der Waals surface area contributed by atoms with Gasteiger partial charge >= 0.3 is 0 Å². The van der Waals surface area contributed by atoms with E-state index < -0.39 is 0 Å². The van der Waals surface area contributed by atoms with Crippen LogP contribution in [0.5, 0.6) is 0 Å². The summed E-state index contributed by atoms with van der Waals surface area (Å²) in [6, 6.07) is 5.86. The van der Waals surface area contributed by atoms with Crippen LogP contribution in [0.15, 0.2) is 16.9 Å². The van der Waals surface area contributed by atoms with Crippen LogP contribution in [0, 0.1) is 19.4 Å². The van der Waals surface area contributed by atoms with Gasteiger partial charge in [-0.05, 0) is 6.92 Å². The molecule has 1 aromatic heterocycles. The molecule has 1 radical (unpaired) electrons. The van der Waals surface area contributed by atoms with Crippen LogP contribution in [-0.2, 0) is 32.7 Å². The van der Waals surface area contributed by atoms with Gasteiger partial charge in [-0.2, -0.15) is 26.0 Å². The first kappa shape index (κ1) is 19.6. The zero-order valence-corrected chi connectivity index (χ0v) is 12.6. The maximum atomic E-state index is 10.4. The predicted octanol–water partition coefficient (Wildman–Crippen LogP) is 2.74. The molecule has 1 rings (SSSR count). The second kappa shape index (κ2) is 15.5. The van der Waals surface area contributed by atoms with E-state index in [4.69, 9.17) is 0 Å². The number of pyridine rings is 1. The van der Waals surface area contributed by atoms with E-state index in [1.807, 2.05) is 41.0 Å². The minimum Gasteiger partial charge on any atom is -0.359 e. The van der Waals surface area contributed by atoms with Gasteiger partial charge in [0.15, 0.2) is 5.56 Å². The SMILES string of the molecule is CC.C[CH-]C.Cc1cc[c-]c(=O)[nH]1.[Y]. The third kappa shape index (κ3) is 14.6. The summed E-state index contributed by atoms with van der Waals surface area (Å²) in [6.07, 6.45) is 2.00. The van der Waals surface area contributed by atoms with E-state index in [1.165, 1.54) is 0 Å². The second-order valence-corrected chi connectivity index (χ2v) is 2.19. The molecule has 0 aliphatic rings. The van der Waals surface area contributed by atoms with Crippen LogP contribution < -0.4 is 5.56 Å². The van der Waals surface area contributed by atoms with Gasteiger partial charge in [-0.3, -0.25) is 4.79 Å². The van der Waals surface area contributed by atoms with Gasteiger partial charge in [0.1, 0.15) is 0 Å². The summed E-state index contributed by atoms with van der Waals surface area (Å²) >= 11 is 0. The molecule has 0 fully saturated rings. The minimum atomic E-state index is -0.162. The van der Waals surface area contributed by atoms with Crippen LogP contribution in [0.1, 0.15) is 33.4 Å². The topological polar surface area (TPSA) is 32.9 Å². The minimum absolute atomic E-state index is 0. The number of hydrogen-bond acceptors (Lipinski definition) is 1. The Morgan fingerprint density at radius 2 is 1.79 bits per heavy atom. The van der Waals surface area contributed by atoms with E-state index in [0.717, 1.165) is 5.69 Å². The van der Waals surface area contributed by atoms with Crippen molar-refractivity contribution in [3.63, 3.8) is 0 Å². The molecule has 0 saturated carbocycles. The summed E-state index contributed by atoms with van der Waals surface area (Å²) in [4.78, 5) is 12.9. The van der Waals surface area contributed by atoms with Crippen LogP contribution in [0.25, 0.3) is 0 Å². The molecule has 0 aromatic carbocycles. The third-order valence-corrected chi connectivity index (χ3v) is 0.858. The maximum absolute atomic E-state index is 10.4. The Morgan fingerprint density at radius 3 is 2.00 bits per heavy atom. The fourth-order valence-corrected chi connectivity index (χ4v) is 0.499. The summed E-state index contributed by atoms with van der Waals surface area (Å²) in [5.74, 6) is 0. The van der Waals surface area contributed by atoms with Crippen LogP contribution in [-0.4, -0.2) is 4.98 Å². The van der Waals surface area contributed by atoms with Gasteiger partial charge in [0.05, 0.1) is 0 Å². The average Bonchev–Trinajstić information content (AvgIpc) is 2.08. The van der Waals surface area contributed by atoms with Gasteiger partial charge in [0.2, 0.25) is 0 Å². The number of aromatic nitrogens is 1. The fraction of sp³-hybridized carbons (Fsp3) is 0.455. The largest absolute Gasteiger partial charge is 0.359 e. The molecule has 0 saturated heterocycles. The molecule has 0 amide bonds. The Bertz CT molecular complexity index is 245. The number of aromatic amines is 1. The van der Waals surface area contributed by atoms with E-state index in [9.17, 15) is 4.79 Å². The summed E-state index contributed by atoms with van der Waals surface area (Å²) in [5.41, 5.74) is 0.707. The van der Waals surface area contributed by atoms with Crippen LogP contribution in [0.4, 0.5) is 0 Å². The molecule has 2 nitrogen and oxygen atoms in total. The molecule has 0 aliphatic heterocycles. The monoisotopic (exact) mass is 270 g/mol. The molecule has 0 spiro atoms. The Morgan fingerprint density at radius 1 is 1.36 bits per heavy atom. The Balaban J connectivity index is -0.000000176. The Hall–Kier alpha value is 0.0539. The van der Waals surface area contributed by atoms with Gasteiger partial charge < -0.3 is 11.4 Å². The predicted molar refractivity (Wildman–Crippen MR) is 57.6 cm³/mol. The molecule has 0 bridgehead atoms. The first-order chi connectivity index (χ1) is 6.20. The fourth-order valence-electron chi connectivity index (χ4n) is 0.499. The number of hydrogen-bond donors (Lipinski definition) is 1. The third-order valence-electron chi connectivity index (χ3n) is 0.858. The van der Waals surface area contributed by atoms with Crippen molar-refractivity contribution in [3.8, 4) is 0 Å². The Kier molecular flexibility index (Phi) is 21.7. The van der Waals surface area contributed by atoms with Crippen molar-refractivity contribution in [3.05, 3.63) is 40.7 Å².